The van der Waals surface area contributed by atoms with Crippen molar-refractivity contribution in [2.24, 2.45) is 0 Å². The van der Waals surface area contributed by atoms with Gasteiger partial charge in [0.2, 0.25) is 0 Å². The molecule has 1 saturated carbocycles. The van der Waals surface area contributed by atoms with Crippen LogP contribution < -0.4 is 5.32 Å². The number of hydrogen-bond acceptors (Lipinski definition) is 4. The van der Waals surface area contributed by atoms with Crippen LogP contribution in [0.4, 0.5) is 5.13 Å². The van der Waals surface area contributed by atoms with Gasteiger partial charge in [0, 0.05) is 23.7 Å². The molecule has 0 amide bonds. The molecule has 0 aromatic carbocycles. The summed E-state index contributed by atoms with van der Waals surface area (Å²) >= 11 is 1.74. The lowest BCUT2D eigenvalue weighted by molar-refractivity contribution is 0.191. The van der Waals surface area contributed by atoms with Crippen LogP contribution in [0, 0.1) is 6.92 Å². The first-order valence-corrected chi connectivity index (χ1v) is 7.94. The van der Waals surface area contributed by atoms with Crippen LogP contribution in [-0.2, 0) is 0 Å². The van der Waals surface area contributed by atoms with Crippen molar-refractivity contribution in [2.45, 2.75) is 51.5 Å². The Kier molecular flexibility index (Phi) is 5.45. The maximum Gasteiger partial charge on any atom is 0.182 e. The van der Waals surface area contributed by atoms with Crippen molar-refractivity contribution >= 4 is 16.5 Å². The molecule has 1 N–H and O–H groups in total. The topological polar surface area (TPSA) is 28.2 Å². The minimum atomic E-state index is 0.834. The normalized spacial score (nSPS) is 17.3. The van der Waals surface area contributed by atoms with E-state index in [4.69, 9.17) is 0 Å². The number of anilines is 1. The molecule has 1 aromatic rings. The predicted molar refractivity (Wildman–Crippen MR) is 79.5 cm³/mol. The lowest BCUT2D eigenvalue weighted by Crippen LogP contribution is -2.34. The summed E-state index contributed by atoms with van der Waals surface area (Å²) in [5, 5.41) is 4.47. The molecule has 0 spiro atoms. The van der Waals surface area contributed by atoms with Crippen LogP contribution >= 0.6 is 11.3 Å². The van der Waals surface area contributed by atoms with Crippen molar-refractivity contribution in [1.82, 2.24) is 9.88 Å². The molecule has 4 heteroatoms. The van der Waals surface area contributed by atoms with E-state index < -0.39 is 0 Å². The first kappa shape index (κ1) is 13.8. The zero-order chi connectivity index (χ0) is 12.8. The summed E-state index contributed by atoms with van der Waals surface area (Å²) in [6.45, 7) is 4.33. The molecule has 0 atom stereocenters. The molecule has 1 heterocycles. The highest BCUT2D eigenvalue weighted by Crippen LogP contribution is 2.21. The SMILES string of the molecule is Cc1cnc(NCCCN(C)C2CCCCC2)s1. The van der Waals surface area contributed by atoms with Gasteiger partial charge >= 0.3 is 0 Å². The molecule has 102 valence electrons. The van der Waals surface area contributed by atoms with Crippen molar-refractivity contribution in [1.29, 1.82) is 0 Å². The lowest BCUT2D eigenvalue weighted by atomic mass is 9.94. The number of nitrogens with one attached hydrogen (secondary N) is 1. The number of thiazole rings is 1. The summed E-state index contributed by atoms with van der Waals surface area (Å²) in [7, 11) is 2.28. The Morgan fingerprint density at radius 2 is 2.17 bits per heavy atom. The Hall–Kier alpha value is -0.610. The predicted octanol–water partition coefficient (Wildman–Crippen LogP) is 3.52. The lowest BCUT2D eigenvalue weighted by Gasteiger charge is -2.31. The van der Waals surface area contributed by atoms with E-state index in [1.54, 1.807) is 11.3 Å². The minimum absolute atomic E-state index is 0.834. The zero-order valence-corrected chi connectivity index (χ0v) is 12.4. The van der Waals surface area contributed by atoms with Gasteiger partial charge in [0.05, 0.1) is 0 Å². The van der Waals surface area contributed by atoms with Crippen LogP contribution in [0.1, 0.15) is 43.4 Å². The van der Waals surface area contributed by atoms with Gasteiger partial charge in [0.25, 0.3) is 0 Å². The van der Waals surface area contributed by atoms with Crippen molar-refractivity contribution in [3.05, 3.63) is 11.1 Å². The van der Waals surface area contributed by atoms with E-state index in [0.29, 0.717) is 0 Å². The molecule has 0 bridgehead atoms. The second-order valence-corrected chi connectivity index (χ2v) is 6.56. The van der Waals surface area contributed by atoms with Crippen LogP contribution in [0.5, 0.6) is 0 Å². The summed E-state index contributed by atoms with van der Waals surface area (Å²) in [6.07, 6.45) is 10.2. The third-order valence-corrected chi connectivity index (χ3v) is 4.65. The zero-order valence-electron chi connectivity index (χ0n) is 11.6. The second-order valence-electron chi connectivity index (χ2n) is 5.33. The van der Waals surface area contributed by atoms with Crippen LogP contribution in [0.25, 0.3) is 0 Å². The van der Waals surface area contributed by atoms with Crippen molar-refractivity contribution in [3.8, 4) is 0 Å². The Morgan fingerprint density at radius 1 is 1.39 bits per heavy atom. The fourth-order valence-electron chi connectivity index (χ4n) is 2.66. The van der Waals surface area contributed by atoms with E-state index in [9.17, 15) is 0 Å². The maximum atomic E-state index is 4.32. The highest BCUT2D eigenvalue weighted by molar-refractivity contribution is 7.15. The molecule has 0 aliphatic heterocycles. The first-order chi connectivity index (χ1) is 8.75. The van der Waals surface area contributed by atoms with E-state index in [-0.39, 0.29) is 0 Å². The number of hydrogen-bond donors (Lipinski definition) is 1. The van der Waals surface area contributed by atoms with E-state index in [2.05, 4.69) is 29.2 Å². The van der Waals surface area contributed by atoms with Gasteiger partial charge in [0.1, 0.15) is 0 Å². The first-order valence-electron chi connectivity index (χ1n) is 7.12. The quantitative estimate of drug-likeness (QED) is 0.799. The molecule has 1 aliphatic carbocycles. The number of aryl methyl sites for hydroxylation is 1. The Balaban J connectivity index is 1.59. The van der Waals surface area contributed by atoms with Gasteiger partial charge < -0.3 is 10.2 Å². The molecule has 18 heavy (non-hydrogen) atoms. The number of nitrogens with zero attached hydrogens (tertiary/aromatic N) is 2. The summed E-state index contributed by atoms with van der Waals surface area (Å²) < 4.78 is 0. The van der Waals surface area contributed by atoms with Crippen molar-refractivity contribution < 1.29 is 0 Å². The van der Waals surface area contributed by atoms with Gasteiger partial charge in [-0.15, -0.1) is 11.3 Å². The Bertz CT molecular complexity index is 345. The molecule has 1 fully saturated rings. The van der Waals surface area contributed by atoms with Gasteiger partial charge in [-0.05, 0) is 39.8 Å². The molecule has 1 aromatic heterocycles. The molecule has 0 radical (unpaired) electrons. The van der Waals surface area contributed by atoms with Crippen LogP contribution in [0.2, 0.25) is 0 Å². The standard InChI is InChI=1S/C14H25N3S/c1-12-11-16-14(18-12)15-9-6-10-17(2)13-7-4-3-5-8-13/h11,13H,3-10H2,1-2H3,(H,15,16). The Morgan fingerprint density at radius 3 is 2.83 bits per heavy atom. The number of rotatable bonds is 6. The summed E-state index contributed by atoms with van der Waals surface area (Å²) in [5.41, 5.74) is 0. The van der Waals surface area contributed by atoms with Gasteiger partial charge in [-0.25, -0.2) is 4.98 Å². The fraction of sp³-hybridized carbons (Fsp3) is 0.786. The average molecular weight is 267 g/mol. The third-order valence-electron chi connectivity index (χ3n) is 3.78. The third kappa shape index (κ3) is 4.25. The molecule has 0 saturated heterocycles. The second kappa shape index (κ2) is 7.10. The molecule has 0 unspecified atom stereocenters. The van der Waals surface area contributed by atoms with Crippen LogP contribution in [-0.4, -0.2) is 36.1 Å². The summed E-state index contributed by atoms with van der Waals surface area (Å²) in [4.78, 5) is 8.14. The highest BCUT2D eigenvalue weighted by atomic mass is 32.1. The summed E-state index contributed by atoms with van der Waals surface area (Å²) in [6, 6.07) is 0.834. The minimum Gasteiger partial charge on any atom is -0.361 e. The molecular formula is C14H25N3S. The van der Waals surface area contributed by atoms with Crippen LogP contribution in [0.15, 0.2) is 6.20 Å². The van der Waals surface area contributed by atoms with Crippen LogP contribution in [0.3, 0.4) is 0 Å². The van der Waals surface area contributed by atoms with E-state index in [1.807, 2.05) is 6.20 Å². The van der Waals surface area contributed by atoms with Crippen molar-refractivity contribution in [2.75, 3.05) is 25.5 Å². The highest BCUT2D eigenvalue weighted by Gasteiger charge is 2.17. The Labute approximate surface area is 115 Å². The fourth-order valence-corrected chi connectivity index (χ4v) is 3.35. The summed E-state index contributed by atoms with van der Waals surface area (Å²) in [5.74, 6) is 0. The maximum absolute atomic E-state index is 4.32. The van der Waals surface area contributed by atoms with Gasteiger partial charge in [0.15, 0.2) is 5.13 Å². The average Bonchev–Trinajstić information content (AvgIpc) is 2.81. The van der Waals surface area contributed by atoms with Gasteiger partial charge in [-0.3, -0.25) is 0 Å². The van der Waals surface area contributed by atoms with Gasteiger partial charge in [-0.2, -0.15) is 0 Å². The van der Waals surface area contributed by atoms with E-state index in [0.717, 1.165) is 17.7 Å². The molecule has 2 rings (SSSR count). The van der Waals surface area contributed by atoms with Crippen molar-refractivity contribution in [3.63, 3.8) is 0 Å². The monoisotopic (exact) mass is 267 g/mol. The van der Waals surface area contributed by atoms with E-state index in [1.165, 1.54) is 49.9 Å². The smallest absolute Gasteiger partial charge is 0.182 e. The largest absolute Gasteiger partial charge is 0.361 e. The van der Waals surface area contributed by atoms with Gasteiger partial charge in [-0.1, -0.05) is 19.3 Å². The molecular weight excluding hydrogens is 242 g/mol. The molecule has 3 nitrogen and oxygen atoms in total. The van der Waals surface area contributed by atoms with E-state index >= 15 is 0 Å². The number of aromatic nitrogens is 1. The molecule has 1 aliphatic rings.